The predicted molar refractivity (Wildman–Crippen MR) is 128 cm³/mol. The Hall–Kier alpha value is -3.13. The van der Waals surface area contributed by atoms with E-state index in [1.165, 1.54) is 14.2 Å². The van der Waals surface area contributed by atoms with Gasteiger partial charge in [-0.05, 0) is 37.1 Å². The lowest BCUT2D eigenvalue weighted by Crippen LogP contribution is -2.37. The first-order valence-electron chi connectivity index (χ1n) is 11.2. The van der Waals surface area contributed by atoms with Gasteiger partial charge in [0, 0.05) is 31.1 Å². The van der Waals surface area contributed by atoms with Crippen LogP contribution in [0, 0.1) is 5.92 Å². The van der Waals surface area contributed by atoms with Gasteiger partial charge in [0.05, 0.1) is 51.1 Å². The third-order valence-corrected chi connectivity index (χ3v) is 6.85. The summed E-state index contributed by atoms with van der Waals surface area (Å²) in [6.07, 6.45) is 1.83. The van der Waals surface area contributed by atoms with E-state index in [1.54, 1.807) is 31.3 Å². The normalized spacial score (nSPS) is 20.0. The van der Waals surface area contributed by atoms with E-state index < -0.39 is 5.92 Å². The minimum atomic E-state index is -0.463. The highest BCUT2D eigenvalue weighted by atomic mass is 35.5. The number of anilines is 1. The Labute approximate surface area is 204 Å². The Balaban J connectivity index is 1.58. The first-order valence-corrected chi connectivity index (χ1v) is 11.5. The Morgan fingerprint density at radius 1 is 0.971 bits per heavy atom. The summed E-state index contributed by atoms with van der Waals surface area (Å²) in [6, 6.07) is 8.77. The molecule has 0 aliphatic carbocycles. The van der Waals surface area contributed by atoms with E-state index in [2.05, 4.69) is 0 Å². The molecule has 0 bridgehead atoms. The molecule has 8 nitrogen and oxygen atoms in total. The zero-order valence-electron chi connectivity index (χ0n) is 19.8. The van der Waals surface area contributed by atoms with Crippen molar-refractivity contribution in [3.63, 3.8) is 0 Å². The summed E-state index contributed by atoms with van der Waals surface area (Å²) in [6.45, 7) is 0.890. The lowest BCUT2D eigenvalue weighted by atomic mass is 10.0. The van der Waals surface area contributed by atoms with Crippen molar-refractivity contribution in [1.29, 1.82) is 0 Å². The van der Waals surface area contributed by atoms with Gasteiger partial charge in [0.25, 0.3) is 0 Å². The number of likely N-dealkylation sites (tertiary alicyclic amines) is 1. The standard InChI is InChI=1S/C25H29ClN2O6/c1-31-16-7-8-21(32-2)17(11-16)19-6-5-9-27(19)25(30)15-10-24(29)28(14-15)20-12-18(26)22(33-3)13-23(20)34-4/h7-8,11-13,15,19H,5-6,9-10,14H2,1-4H3. The second kappa shape index (κ2) is 10.0. The van der Waals surface area contributed by atoms with Crippen molar-refractivity contribution in [2.45, 2.75) is 25.3 Å². The fourth-order valence-corrected chi connectivity index (χ4v) is 5.08. The van der Waals surface area contributed by atoms with Crippen LogP contribution in [0.25, 0.3) is 0 Å². The third-order valence-electron chi connectivity index (χ3n) is 6.55. The van der Waals surface area contributed by atoms with Gasteiger partial charge < -0.3 is 28.7 Å². The average Bonchev–Trinajstić information content (AvgIpc) is 3.50. The van der Waals surface area contributed by atoms with Crippen LogP contribution in [0.15, 0.2) is 30.3 Å². The summed E-state index contributed by atoms with van der Waals surface area (Å²) in [4.78, 5) is 30.0. The van der Waals surface area contributed by atoms with Gasteiger partial charge in [-0.3, -0.25) is 9.59 Å². The molecule has 0 aromatic heterocycles. The first kappa shape index (κ1) is 24.0. The van der Waals surface area contributed by atoms with E-state index in [4.69, 9.17) is 30.5 Å². The number of hydrogen-bond acceptors (Lipinski definition) is 6. The van der Waals surface area contributed by atoms with Crippen molar-refractivity contribution in [2.24, 2.45) is 5.92 Å². The fourth-order valence-electron chi connectivity index (χ4n) is 4.85. The van der Waals surface area contributed by atoms with Crippen LogP contribution in [0.2, 0.25) is 5.02 Å². The van der Waals surface area contributed by atoms with Gasteiger partial charge in [0.15, 0.2) is 0 Å². The number of nitrogens with zero attached hydrogens (tertiary/aromatic N) is 2. The quantitative estimate of drug-likeness (QED) is 0.584. The second-order valence-corrected chi connectivity index (χ2v) is 8.77. The number of carbonyl (C=O) groups is 2. The SMILES string of the molecule is COc1ccc(OC)c(C2CCCN2C(=O)C2CC(=O)N(c3cc(Cl)c(OC)cc3OC)C2)c1. The summed E-state index contributed by atoms with van der Waals surface area (Å²) in [7, 11) is 6.26. The number of halogens is 1. The average molecular weight is 489 g/mol. The van der Waals surface area contributed by atoms with Crippen molar-refractivity contribution in [1.82, 2.24) is 4.90 Å². The highest BCUT2D eigenvalue weighted by Gasteiger charge is 2.42. The van der Waals surface area contributed by atoms with Crippen molar-refractivity contribution in [3.05, 3.63) is 40.9 Å². The maximum Gasteiger partial charge on any atom is 0.228 e. The van der Waals surface area contributed by atoms with Crippen LogP contribution in [-0.4, -0.2) is 58.2 Å². The minimum Gasteiger partial charge on any atom is -0.497 e. The van der Waals surface area contributed by atoms with Crippen molar-refractivity contribution >= 4 is 29.1 Å². The Morgan fingerprint density at radius 3 is 2.38 bits per heavy atom. The summed E-state index contributed by atoms with van der Waals surface area (Å²) >= 11 is 6.31. The van der Waals surface area contributed by atoms with E-state index in [9.17, 15) is 9.59 Å². The Morgan fingerprint density at radius 2 is 1.71 bits per heavy atom. The van der Waals surface area contributed by atoms with Crippen LogP contribution in [0.1, 0.15) is 30.9 Å². The van der Waals surface area contributed by atoms with Gasteiger partial charge >= 0.3 is 0 Å². The molecule has 34 heavy (non-hydrogen) atoms. The molecule has 0 saturated carbocycles. The number of carbonyl (C=O) groups excluding carboxylic acids is 2. The molecular weight excluding hydrogens is 460 g/mol. The van der Waals surface area contributed by atoms with Crippen molar-refractivity contribution in [3.8, 4) is 23.0 Å². The molecule has 2 aliphatic rings. The molecule has 4 rings (SSSR count). The topological polar surface area (TPSA) is 77.5 Å². The summed E-state index contributed by atoms with van der Waals surface area (Å²) in [5, 5.41) is 0.366. The Bertz CT molecular complexity index is 1090. The summed E-state index contributed by atoms with van der Waals surface area (Å²) < 4.78 is 21.7. The number of amides is 2. The summed E-state index contributed by atoms with van der Waals surface area (Å²) in [5.74, 6) is 1.69. The van der Waals surface area contributed by atoms with Gasteiger partial charge in [0.1, 0.15) is 23.0 Å². The Kier molecular flexibility index (Phi) is 7.07. The van der Waals surface area contributed by atoms with Crippen molar-refractivity contribution in [2.75, 3.05) is 46.4 Å². The smallest absolute Gasteiger partial charge is 0.228 e. The number of rotatable bonds is 7. The molecule has 2 aliphatic heterocycles. The summed E-state index contributed by atoms with van der Waals surface area (Å²) in [5.41, 5.74) is 1.44. The third kappa shape index (κ3) is 4.34. The number of methoxy groups -OCH3 is 4. The molecule has 2 fully saturated rings. The molecule has 182 valence electrons. The number of hydrogen-bond donors (Lipinski definition) is 0. The molecule has 0 spiro atoms. The zero-order chi connectivity index (χ0) is 24.4. The van der Waals surface area contributed by atoms with E-state index >= 15 is 0 Å². The van der Waals surface area contributed by atoms with E-state index in [0.29, 0.717) is 40.3 Å². The maximum absolute atomic E-state index is 13.6. The number of benzene rings is 2. The zero-order valence-corrected chi connectivity index (χ0v) is 20.6. The molecule has 9 heteroatoms. The predicted octanol–water partition coefficient (Wildman–Crippen LogP) is 4.09. The molecule has 2 atom stereocenters. The van der Waals surface area contributed by atoms with Gasteiger partial charge in [-0.1, -0.05) is 11.6 Å². The fraction of sp³-hybridized carbons (Fsp3) is 0.440. The van der Waals surface area contributed by atoms with Crippen molar-refractivity contribution < 1.29 is 28.5 Å². The highest BCUT2D eigenvalue weighted by Crippen LogP contribution is 2.43. The molecule has 2 amide bonds. The monoisotopic (exact) mass is 488 g/mol. The number of ether oxygens (including phenoxy) is 4. The lowest BCUT2D eigenvalue weighted by Gasteiger charge is -2.29. The van der Waals surface area contributed by atoms with Crippen LogP contribution in [0.5, 0.6) is 23.0 Å². The van der Waals surface area contributed by atoms with Crippen LogP contribution >= 0.6 is 11.6 Å². The molecular formula is C25H29ClN2O6. The van der Waals surface area contributed by atoms with Gasteiger partial charge in [-0.15, -0.1) is 0 Å². The largest absolute Gasteiger partial charge is 0.497 e. The maximum atomic E-state index is 13.6. The van der Waals surface area contributed by atoms with E-state index in [-0.39, 0.29) is 30.8 Å². The molecule has 2 aromatic rings. The van der Waals surface area contributed by atoms with Gasteiger partial charge in [-0.25, -0.2) is 0 Å². The lowest BCUT2D eigenvalue weighted by molar-refractivity contribution is -0.136. The van der Waals surface area contributed by atoms with Crippen LogP contribution in [0.4, 0.5) is 5.69 Å². The highest BCUT2D eigenvalue weighted by molar-refractivity contribution is 6.32. The second-order valence-electron chi connectivity index (χ2n) is 8.36. The van der Waals surface area contributed by atoms with Crippen LogP contribution in [-0.2, 0) is 9.59 Å². The molecule has 2 unspecified atom stereocenters. The molecule has 2 saturated heterocycles. The van der Waals surface area contributed by atoms with Gasteiger partial charge in [0.2, 0.25) is 11.8 Å². The first-order chi connectivity index (χ1) is 16.4. The van der Waals surface area contributed by atoms with E-state index in [1.807, 2.05) is 23.1 Å². The van der Waals surface area contributed by atoms with E-state index in [0.717, 1.165) is 18.4 Å². The van der Waals surface area contributed by atoms with Gasteiger partial charge in [-0.2, -0.15) is 0 Å². The van der Waals surface area contributed by atoms with Crippen LogP contribution in [0.3, 0.4) is 0 Å². The molecule has 2 aromatic carbocycles. The van der Waals surface area contributed by atoms with Crippen LogP contribution < -0.4 is 23.8 Å². The molecule has 0 N–H and O–H groups in total. The minimum absolute atomic E-state index is 0.0400. The molecule has 2 heterocycles. The molecule has 0 radical (unpaired) electrons.